The summed E-state index contributed by atoms with van der Waals surface area (Å²) in [5, 5.41) is 20.2. The van der Waals surface area contributed by atoms with Gasteiger partial charge in [0, 0.05) is 25.3 Å². The minimum absolute atomic E-state index is 0.0838. The van der Waals surface area contributed by atoms with E-state index in [0.29, 0.717) is 24.2 Å². The number of aliphatic hydroxyl groups excluding tert-OH is 1. The highest BCUT2D eigenvalue weighted by Gasteiger charge is 2.14. The number of nitrogens with one attached hydrogen (secondary N) is 1. The van der Waals surface area contributed by atoms with Crippen LogP contribution in [-0.4, -0.2) is 38.8 Å². The molecule has 2 heterocycles. The fourth-order valence-corrected chi connectivity index (χ4v) is 2.73. The van der Waals surface area contributed by atoms with Gasteiger partial charge in [0.15, 0.2) is 5.65 Å². The van der Waals surface area contributed by atoms with Gasteiger partial charge in [-0.2, -0.15) is 0 Å². The highest BCUT2D eigenvalue weighted by Crippen LogP contribution is 2.18. The zero-order chi connectivity index (χ0) is 16.9. The molecule has 0 fully saturated rings. The highest BCUT2D eigenvalue weighted by molar-refractivity contribution is 5.94. The molecule has 1 atom stereocenters. The smallest absolute Gasteiger partial charge is 0.252 e. The lowest BCUT2D eigenvalue weighted by Gasteiger charge is -2.17. The lowest BCUT2D eigenvalue weighted by Crippen LogP contribution is -2.29. The molecule has 0 aliphatic carbocycles. The first-order chi connectivity index (χ1) is 11.7. The van der Waals surface area contributed by atoms with Gasteiger partial charge in [0.05, 0.1) is 5.56 Å². The van der Waals surface area contributed by atoms with E-state index in [4.69, 9.17) is 0 Å². The molecule has 0 aliphatic rings. The Morgan fingerprint density at radius 2 is 2.00 bits per heavy atom. The Kier molecular flexibility index (Phi) is 4.86. The Morgan fingerprint density at radius 3 is 2.75 bits per heavy atom. The molecule has 3 rings (SSSR count). The average molecular weight is 324 g/mol. The number of aryl methyl sites for hydroxylation is 1. The van der Waals surface area contributed by atoms with Crippen LogP contribution >= 0.6 is 0 Å². The van der Waals surface area contributed by atoms with Crippen LogP contribution < -0.4 is 5.32 Å². The maximum atomic E-state index is 12.4. The number of hydrogen-bond acceptors (Lipinski definition) is 4. The van der Waals surface area contributed by atoms with Crippen molar-refractivity contribution in [1.82, 2.24) is 19.9 Å². The molecule has 6 heteroatoms. The molecule has 1 unspecified atom stereocenters. The quantitative estimate of drug-likeness (QED) is 0.726. The lowest BCUT2D eigenvalue weighted by atomic mass is 9.96. The summed E-state index contributed by atoms with van der Waals surface area (Å²) in [4.78, 5) is 12.4. The van der Waals surface area contributed by atoms with E-state index in [1.54, 1.807) is 22.7 Å². The van der Waals surface area contributed by atoms with Crippen LogP contribution in [-0.2, 0) is 0 Å². The van der Waals surface area contributed by atoms with E-state index in [-0.39, 0.29) is 18.4 Å². The van der Waals surface area contributed by atoms with Crippen molar-refractivity contribution in [3.05, 3.63) is 65.6 Å². The molecule has 24 heavy (non-hydrogen) atoms. The monoisotopic (exact) mass is 324 g/mol. The Morgan fingerprint density at radius 1 is 1.21 bits per heavy atom. The van der Waals surface area contributed by atoms with Crippen LogP contribution in [0.4, 0.5) is 0 Å². The van der Waals surface area contributed by atoms with Crippen molar-refractivity contribution in [2.45, 2.75) is 19.3 Å². The summed E-state index contributed by atoms with van der Waals surface area (Å²) in [5.41, 5.74) is 2.38. The normalized spacial score (nSPS) is 12.2. The number of nitrogens with zero attached hydrogens (tertiary/aromatic N) is 3. The van der Waals surface area contributed by atoms with Gasteiger partial charge >= 0.3 is 0 Å². The van der Waals surface area contributed by atoms with E-state index < -0.39 is 0 Å². The topological polar surface area (TPSA) is 79.5 Å². The Labute approximate surface area is 140 Å². The summed E-state index contributed by atoms with van der Waals surface area (Å²) in [5.74, 6) is 0.673. The molecule has 2 N–H and O–H groups in total. The van der Waals surface area contributed by atoms with Crippen molar-refractivity contribution >= 4 is 11.6 Å². The minimum atomic E-state index is -0.149. The largest absolute Gasteiger partial charge is 0.396 e. The fraction of sp³-hybridized carbons (Fsp3) is 0.278. The van der Waals surface area contributed by atoms with E-state index in [2.05, 4.69) is 15.5 Å². The summed E-state index contributed by atoms with van der Waals surface area (Å²) >= 11 is 0. The molecule has 0 aliphatic heterocycles. The van der Waals surface area contributed by atoms with Crippen molar-refractivity contribution in [2.24, 2.45) is 0 Å². The number of fused-ring (bicyclic) bond motifs is 1. The van der Waals surface area contributed by atoms with Gasteiger partial charge in [0.25, 0.3) is 5.91 Å². The molecule has 0 radical (unpaired) electrons. The zero-order valence-electron chi connectivity index (χ0n) is 13.5. The molecule has 0 saturated carbocycles. The molecule has 1 amide bonds. The zero-order valence-corrected chi connectivity index (χ0v) is 13.5. The highest BCUT2D eigenvalue weighted by atomic mass is 16.3. The van der Waals surface area contributed by atoms with Gasteiger partial charge in [-0.3, -0.25) is 9.20 Å². The van der Waals surface area contributed by atoms with E-state index in [9.17, 15) is 9.90 Å². The van der Waals surface area contributed by atoms with Gasteiger partial charge in [-0.05, 0) is 31.0 Å². The number of amides is 1. The van der Waals surface area contributed by atoms with Crippen molar-refractivity contribution in [1.29, 1.82) is 0 Å². The Bertz CT molecular complexity index is 829. The third kappa shape index (κ3) is 3.44. The summed E-state index contributed by atoms with van der Waals surface area (Å²) in [6.45, 7) is 2.40. The van der Waals surface area contributed by atoms with E-state index in [0.717, 1.165) is 11.4 Å². The second-order valence-corrected chi connectivity index (χ2v) is 5.72. The first-order valence-electron chi connectivity index (χ1n) is 7.94. The predicted octanol–water partition coefficient (Wildman–Crippen LogP) is 1.93. The maximum absolute atomic E-state index is 12.4. The molecule has 3 aromatic rings. The molecule has 0 saturated heterocycles. The van der Waals surface area contributed by atoms with Crippen LogP contribution in [0.5, 0.6) is 0 Å². The van der Waals surface area contributed by atoms with E-state index in [1.807, 2.05) is 37.3 Å². The number of hydrogen-bond donors (Lipinski definition) is 2. The number of benzene rings is 1. The van der Waals surface area contributed by atoms with E-state index in [1.165, 1.54) is 0 Å². The summed E-state index contributed by atoms with van der Waals surface area (Å²) in [7, 11) is 0. The van der Waals surface area contributed by atoms with Crippen molar-refractivity contribution in [3.8, 4) is 0 Å². The van der Waals surface area contributed by atoms with Crippen LogP contribution in [0.25, 0.3) is 5.65 Å². The van der Waals surface area contributed by atoms with Crippen LogP contribution in [0.1, 0.15) is 34.1 Å². The number of aliphatic hydroxyl groups is 1. The van der Waals surface area contributed by atoms with Gasteiger partial charge in [0.2, 0.25) is 0 Å². The van der Waals surface area contributed by atoms with Gasteiger partial charge in [0.1, 0.15) is 5.82 Å². The van der Waals surface area contributed by atoms with Gasteiger partial charge < -0.3 is 10.4 Å². The first-order valence-corrected chi connectivity index (χ1v) is 7.94. The summed E-state index contributed by atoms with van der Waals surface area (Å²) in [6.07, 6.45) is 2.34. The van der Waals surface area contributed by atoms with Crippen molar-refractivity contribution in [3.63, 3.8) is 0 Å². The number of pyridine rings is 1. The molecule has 1 aromatic carbocycles. The SMILES string of the molecule is Cc1nnc2ccc(C(=O)NCC(CCO)c3ccccc3)cn12. The third-order valence-electron chi connectivity index (χ3n) is 4.09. The van der Waals surface area contributed by atoms with Crippen LogP contribution in [0.15, 0.2) is 48.7 Å². The Hall–Kier alpha value is -2.73. The lowest BCUT2D eigenvalue weighted by molar-refractivity contribution is 0.0949. The summed E-state index contributed by atoms with van der Waals surface area (Å²) in [6, 6.07) is 13.4. The molecule has 6 nitrogen and oxygen atoms in total. The maximum Gasteiger partial charge on any atom is 0.252 e. The fourth-order valence-electron chi connectivity index (χ4n) is 2.73. The first kappa shape index (κ1) is 16.1. The Balaban J connectivity index is 1.71. The molecular formula is C18H20N4O2. The number of carbonyl (C=O) groups excluding carboxylic acids is 1. The molecule has 0 spiro atoms. The molecule has 124 valence electrons. The summed E-state index contributed by atoms with van der Waals surface area (Å²) < 4.78 is 1.79. The van der Waals surface area contributed by atoms with Crippen molar-refractivity contribution < 1.29 is 9.90 Å². The third-order valence-corrected chi connectivity index (χ3v) is 4.09. The van der Waals surface area contributed by atoms with Crippen LogP contribution in [0.3, 0.4) is 0 Å². The van der Waals surface area contributed by atoms with Crippen LogP contribution in [0, 0.1) is 6.92 Å². The number of carbonyl (C=O) groups is 1. The second-order valence-electron chi connectivity index (χ2n) is 5.72. The van der Waals surface area contributed by atoms with Crippen molar-refractivity contribution in [2.75, 3.05) is 13.2 Å². The second kappa shape index (κ2) is 7.23. The minimum Gasteiger partial charge on any atom is -0.396 e. The number of rotatable bonds is 6. The predicted molar refractivity (Wildman–Crippen MR) is 90.9 cm³/mol. The molecule has 2 aromatic heterocycles. The van der Waals surface area contributed by atoms with Gasteiger partial charge in [-0.1, -0.05) is 30.3 Å². The van der Waals surface area contributed by atoms with Gasteiger partial charge in [-0.15, -0.1) is 10.2 Å². The molecule has 0 bridgehead atoms. The van der Waals surface area contributed by atoms with E-state index >= 15 is 0 Å². The molecular weight excluding hydrogens is 304 g/mol. The average Bonchev–Trinajstić information content (AvgIpc) is 2.99. The van der Waals surface area contributed by atoms with Crippen LogP contribution in [0.2, 0.25) is 0 Å². The standard InChI is InChI=1S/C18H20N4O2/c1-13-20-21-17-8-7-16(12-22(13)17)18(24)19-11-15(9-10-23)14-5-3-2-4-6-14/h2-8,12,15,23H,9-11H2,1H3,(H,19,24). The van der Waals surface area contributed by atoms with Gasteiger partial charge in [-0.25, -0.2) is 0 Å². The number of aromatic nitrogens is 3.